The number of rotatable bonds is 2. The maximum absolute atomic E-state index is 12.2. The summed E-state index contributed by atoms with van der Waals surface area (Å²) >= 11 is 0. The van der Waals surface area contributed by atoms with Crippen LogP contribution in [-0.4, -0.2) is 42.1 Å². The fourth-order valence-electron chi connectivity index (χ4n) is 2.27. The molecule has 1 aliphatic rings. The number of likely N-dealkylation sites (tertiary alicyclic amines) is 1. The molecule has 2 heterocycles. The first-order chi connectivity index (χ1) is 8.54. The van der Waals surface area contributed by atoms with Gasteiger partial charge in [-0.1, -0.05) is 12.1 Å². The topological polar surface area (TPSA) is 72.6 Å². The molecule has 1 fully saturated rings. The summed E-state index contributed by atoms with van der Waals surface area (Å²) in [5, 5.41) is 3.59. The molecule has 1 aromatic rings. The third-order valence-corrected chi connectivity index (χ3v) is 3.38. The average Bonchev–Trinajstić information content (AvgIpc) is 2.93. The van der Waals surface area contributed by atoms with Crippen molar-refractivity contribution in [2.45, 2.75) is 13.8 Å². The number of methoxy groups -OCH3 is 1. The van der Waals surface area contributed by atoms with Gasteiger partial charge in [-0.25, -0.2) is 0 Å². The Kier molecular flexibility index (Phi) is 3.36. The molecule has 0 spiro atoms. The molecule has 0 aliphatic carbocycles. The Morgan fingerprint density at radius 3 is 2.78 bits per heavy atom. The van der Waals surface area contributed by atoms with Crippen LogP contribution in [0.25, 0.3) is 0 Å². The molecule has 6 nitrogen and oxygen atoms in total. The van der Waals surface area contributed by atoms with Gasteiger partial charge < -0.3 is 14.2 Å². The minimum absolute atomic E-state index is 0.0987. The summed E-state index contributed by atoms with van der Waals surface area (Å²) in [6, 6.07) is 0. The molecule has 0 radical (unpaired) electrons. The monoisotopic (exact) mass is 252 g/mol. The smallest absolute Gasteiger partial charge is 0.310 e. The fourth-order valence-corrected chi connectivity index (χ4v) is 2.27. The lowest BCUT2D eigenvalue weighted by Gasteiger charge is -2.14. The molecule has 2 unspecified atom stereocenters. The van der Waals surface area contributed by atoms with E-state index in [0.29, 0.717) is 24.4 Å². The molecule has 0 bridgehead atoms. The Bertz CT molecular complexity index is 468. The first-order valence-electron chi connectivity index (χ1n) is 5.83. The highest BCUT2D eigenvalue weighted by molar-refractivity contribution is 5.95. The Morgan fingerprint density at radius 2 is 2.22 bits per heavy atom. The van der Waals surface area contributed by atoms with E-state index in [9.17, 15) is 9.59 Å². The number of hydrogen-bond donors (Lipinski definition) is 0. The number of nitrogens with zero attached hydrogens (tertiary/aromatic N) is 2. The standard InChI is InChI=1S/C12H16N2O4/c1-7-5-14(6-10(7)12(16)17-3)11(15)9-4-13-18-8(9)2/h4,7,10H,5-6H2,1-3H3. The highest BCUT2D eigenvalue weighted by atomic mass is 16.5. The van der Waals surface area contributed by atoms with Crippen LogP contribution in [0, 0.1) is 18.8 Å². The lowest BCUT2D eigenvalue weighted by atomic mass is 9.99. The normalized spacial score (nSPS) is 23.2. The maximum atomic E-state index is 12.2. The van der Waals surface area contributed by atoms with Crippen LogP contribution in [0.3, 0.4) is 0 Å². The van der Waals surface area contributed by atoms with E-state index in [2.05, 4.69) is 5.16 Å². The summed E-state index contributed by atoms with van der Waals surface area (Å²) in [7, 11) is 1.36. The first kappa shape index (κ1) is 12.6. The van der Waals surface area contributed by atoms with Crippen LogP contribution in [-0.2, 0) is 9.53 Å². The molecule has 0 saturated carbocycles. The number of ether oxygens (including phenoxy) is 1. The van der Waals surface area contributed by atoms with Gasteiger partial charge in [-0.05, 0) is 12.8 Å². The molecule has 1 aliphatic heterocycles. The van der Waals surface area contributed by atoms with Gasteiger partial charge in [0.15, 0.2) is 0 Å². The fraction of sp³-hybridized carbons (Fsp3) is 0.583. The number of amides is 1. The number of esters is 1. The van der Waals surface area contributed by atoms with Gasteiger partial charge >= 0.3 is 5.97 Å². The lowest BCUT2D eigenvalue weighted by molar-refractivity contribution is -0.146. The average molecular weight is 252 g/mol. The molecule has 1 saturated heterocycles. The van der Waals surface area contributed by atoms with E-state index < -0.39 is 0 Å². The summed E-state index contributed by atoms with van der Waals surface area (Å²) < 4.78 is 9.62. The molecule has 2 rings (SSSR count). The number of carbonyl (C=O) groups is 2. The van der Waals surface area contributed by atoms with Crippen LogP contribution < -0.4 is 0 Å². The summed E-state index contributed by atoms with van der Waals surface area (Å²) in [6.07, 6.45) is 1.41. The quantitative estimate of drug-likeness (QED) is 0.730. The predicted molar refractivity (Wildman–Crippen MR) is 61.8 cm³/mol. The van der Waals surface area contributed by atoms with Crippen molar-refractivity contribution >= 4 is 11.9 Å². The molecule has 0 aromatic carbocycles. The largest absolute Gasteiger partial charge is 0.469 e. The summed E-state index contributed by atoms with van der Waals surface area (Å²) in [5.41, 5.74) is 0.452. The van der Waals surface area contributed by atoms with E-state index in [1.807, 2.05) is 6.92 Å². The highest BCUT2D eigenvalue weighted by Gasteiger charge is 2.38. The number of aromatic nitrogens is 1. The molecule has 2 atom stereocenters. The van der Waals surface area contributed by atoms with Crippen molar-refractivity contribution < 1.29 is 18.8 Å². The van der Waals surface area contributed by atoms with Crippen LogP contribution in [0.2, 0.25) is 0 Å². The Labute approximate surface area is 105 Å². The van der Waals surface area contributed by atoms with Crippen LogP contribution in [0.4, 0.5) is 0 Å². The summed E-state index contributed by atoms with van der Waals surface area (Å²) in [4.78, 5) is 25.4. The van der Waals surface area contributed by atoms with Gasteiger partial charge in [0.05, 0.1) is 19.2 Å². The van der Waals surface area contributed by atoms with Gasteiger partial charge in [0.25, 0.3) is 5.91 Å². The molecular weight excluding hydrogens is 236 g/mol. The Morgan fingerprint density at radius 1 is 1.50 bits per heavy atom. The minimum Gasteiger partial charge on any atom is -0.469 e. The van der Waals surface area contributed by atoms with Crippen molar-refractivity contribution in [3.8, 4) is 0 Å². The van der Waals surface area contributed by atoms with Gasteiger partial charge in [-0.15, -0.1) is 0 Å². The predicted octanol–water partition coefficient (Wildman–Crippen LogP) is 0.864. The molecule has 1 aromatic heterocycles. The van der Waals surface area contributed by atoms with Crippen molar-refractivity contribution in [2.24, 2.45) is 11.8 Å². The maximum Gasteiger partial charge on any atom is 0.310 e. The molecule has 0 N–H and O–H groups in total. The number of carbonyl (C=O) groups excluding carboxylic acids is 2. The molecular formula is C12H16N2O4. The Balaban J connectivity index is 2.11. The third-order valence-electron chi connectivity index (χ3n) is 3.38. The van der Waals surface area contributed by atoms with E-state index in [4.69, 9.17) is 9.26 Å². The van der Waals surface area contributed by atoms with Crippen molar-refractivity contribution in [1.82, 2.24) is 10.1 Å². The molecule has 1 amide bonds. The van der Waals surface area contributed by atoms with E-state index in [-0.39, 0.29) is 23.7 Å². The molecule has 18 heavy (non-hydrogen) atoms. The molecule has 6 heteroatoms. The lowest BCUT2D eigenvalue weighted by Crippen LogP contribution is -2.30. The van der Waals surface area contributed by atoms with Crippen molar-refractivity contribution in [2.75, 3.05) is 20.2 Å². The Hall–Kier alpha value is -1.85. The van der Waals surface area contributed by atoms with Crippen LogP contribution in [0.15, 0.2) is 10.7 Å². The van der Waals surface area contributed by atoms with E-state index in [1.54, 1.807) is 11.8 Å². The van der Waals surface area contributed by atoms with Crippen LogP contribution in [0.5, 0.6) is 0 Å². The van der Waals surface area contributed by atoms with Crippen LogP contribution in [0.1, 0.15) is 23.0 Å². The van der Waals surface area contributed by atoms with Crippen molar-refractivity contribution in [1.29, 1.82) is 0 Å². The SMILES string of the molecule is COC(=O)C1CN(C(=O)c2cnoc2C)CC1C. The van der Waals surface area contributed by atoms with E-state index >= 15 is 0 Å². The zero-order valence-electron chi connectivity index (χ0n) is 10.7. The second-order valence-corrected chi connectivity index (χ2v) is 4.61. The van der Waals surface area contributed by atoms with E-state index in [0.717, 1.165) is 0 Å². The second-order valence-electron chi connectivity index (χ2n) is 4.61. The van der Waals surface area contributed by atoms with Crippen LogP contribution >= 0.6 is 0 Å². The van der Waals surface area contributed by atoms with Gasteiger partial charge in [0.1, 0.15) is 11.3 Å². The van der Waals surface area contributed by atoms with E-state index in [1.165, 1.54) is 13.3 Å². The van der Waals surface area contributed by atoms with Gasteiger partial charge in [-0.3, -0.25) is 9.59 Å². The molecule has 98 valence electrons. The zero-order chi connectivity index (χ0) is 13.3. The third kappa shape index (κ3) is 2.10. The summed E-state index contributed by atoms with van der Waals surface area (Å²) in [6.45, 7) is 4.56. The van der Waals surface area contributed by atoms with Gasteiger partial charge in [0.2, 0.25) is 0 Å². The first-order valence-corrected chi connectivity index (χ1v) is 5.83. The van der Waals surface area contributed by atoms with Gasteiger partial charge in [0, 0.05) is 13.1 Å². The van der Waals surface area contributed by atoms with Crippen molar-refractivity contribution in [3.63, 3.8) is 0 Å². The zero-order valence-corrected chi connectivity index (χ0v) is 10.7. The summed E-state index contributed by atoms with van der Waals surface area (Å²) in [5.74, 6) is -0.0679. The minimum atomic E-state index is -0.264. The van der Waals surface area contributed by atoms with Gasteiger partial charge in [-0.2, -0.15) is 0 Å². The van der Waals surface area contributed by atoms with Crippen molar-refractivity contribution in [3.05, 3.63) is 17.5 Å². The number of aryl methyl sites for hydroxylation is 1. The number of hydrogen-bond acceptors (Lipinski definition) is 5. The second kappa shape index (κ2) is 4.80. The highest BCUT2D eigenvalue weighted by Crippen LogP contribution is 2.26.